The van der Waals surface area contributed by atoms with Crippen LogP contribution >= 0.6 is 0 Å². The minimum absolute atomic E-state index is 0.194. The molecule has 0 rings (SSSR count). The van der Waals surface area contributed by atoms with E-state index in [1.807, 2.05) is 0 Å². The quantitative estimate of drug-likeness (QED) is 0.562. The number of methoxy groups -OCH3 is 1. The second-order valence-electron chi connectivity index (χ2n) is 1.81. The fourth-order valence-corrected chi connectivity index (χ4v) is 0.501. The lowest BCUT2D eigenvalue weighted by molar-refractivity contribution is -0.119. The highest BCUT2D eigenvalue weighted by Gasteiger charge is 1.96. The lowest BCUT2D eigenvalue weighted by atomic mass is 10.3. The molecule has 0 aromatic rings. The summed E-state index contributed by atoms with van der Waals surface area (Å²) in [7, 11) is 3.34. The minimum Gasteiger partial charge on any atom is -0.384 e. The SMILES string of the molecule is CNCC(=O)CCOC. The summed E-state index contributed by atoms with van der Waals surface area (Å²) in [5, 5.41) is 2.77. The fraction of sp³-hybridized carbons (Fsp3) is 0.833. The summed E-state index contributed by atoms with van der Waals surface area (Å²) >= 11 is 0. The number of carbonyl (C=O) groups excluding carboxylic acids is 1. The van der Waals surface area contributed by atoms with Crippen LogP contribution < -0.4 is 5.32 Å². The van der Waals surface area contributed by atoms with E-state index in [0.717, 1.165) is 0 Å². The molecule has 0 aliphatic rings. The molecule has 0 aliphatic heterocycles. The summed E-state index contributed by atoms with van der Waals surface area (Å²) < 4.78 is 4.71. The molecular weight excluding hydrogens is 118 g/mol. The molecule has 0 saturated carbocycles. The molecule has 3 heteroatoms. The molecule has 0 spiro atoms. The zero-order valence-corrected chi connectivity index (χ0v) is 5.94. The van der Waals surface area contributed by atoms with Gasteiger partial charge in [0.25, 0.3) is 0 Å². The Hall–Kier alpha value is -0.410. The molecule has 0 bridgehead atoms. The maximum Gasteiger partial charge on any atom is 0.148 e. The highest BCUT2D eigenvalue weighted by molar-refractivity contribution is 5.80. The Balaban J connectivity index is 3.06. The maximum atomic E-state index is 10.7. The van der Waals surface area contributed by atoms with Crippen LogP contribution in [0.25, 0.3) is 0 Å². The Morgan fingerprint density at radius 1 is 1.67 bits per heavy atom. The van der Waals surface area contributed by atoms with E-state index in [4.69, 9.17) is 4.74 Å². The lowest BCUT2D eigenvalue weighted by Crippen LogP contribution is -2.19. The van der Waals surface area contributed by atoms with E-state index in [0.29, 0.717) is 19.6 Å². The van der Waals surface area contributed by atoms with Crippen LogP contribution in [-0.4, -0.2) is 33.1 Å². The van der Waals surface area contributed by atoms with Gasteiger partial charge in [-0.15, -0.1) is 0 Å². The monoisotopic (exact) mass is 131 g/mol. The van der Waals surface area contributed by atoms with E-state index >= 15 is 0 Å². The molecule has 0 saturated heterocycles. The van der Waals surface area contributed by atoms with Gasteiger partial charge in [-0.05, 0) is 7.05 Å². The summed E-state index contributed by atoms with van der Waals surface area (Å²) in [4.78, 5) is 10.7. The van der Waals surface area contributed by atoms with Gasteiger partial charge in [-0.25, -0.2) is 0 Å². The number of hydrogen-bond acceptors (Lipinski definition) is 3. The second-order valence-corrected chi connectivity index (χ2v) is 1.81. The van der Waals surface area contributed by atoms with E-state index in [1.165, 1.54) is 0 Å². The summed E-state index contributed by atoms with van der Waals surface area (Å²) in [6, 6.07) is 0. The number of nitrogens with one attached hydrogen (secondary N) is 1. The van der Waals surface area contributed by atoms with Crippen molar-refractivity contribution >= 4 is 5.78 Å². The van der Waals surface area contributed by atoms with Crippen LogP contribution in [0, 0.1) is 0 Å². The third kappa shape index (κ3) is 5.46. The molecule has 3 nitrogen and oxygen atoms in total. The Kier molecular flexibility index (Phi) is 5.46. The predicted molar refractivity (Wildman–Crippen MR) is 35.4 cm³/mol. The number of Topliss-reactive ketones (excluding diaryl/α,β-unsaturated/α-hetero) is 1. The normalized spacial score (nSPS) is 9.56. The zero-order chi connectivity index (χ0) is 7.11. The van der Waals surface area contributed by atoms with Crippen molar-refractivity contribution in [2.75, 3.05) is 27.3 Å². The highest BCUT2D eigenvalue weighted by Crippen LogP contribution is 1.80. The number of hydrogen-bond donors (Lipinski definition) is 1. The van der Waals surface area contributed by atoms with Gasteiger partial charge in [0.2, 0.25) is 0 Å². The van der Waals surface area contributed by atoms with Gasteiger partial charge in [0.15, 0.2) is 0 Å². The molecule has 54 valence electrons. The zero-order valence-electron chi connectivity index (χ0n) is 5.94. The Labute approximate surface area is 55.4 Å². The molecule has 0 heterocycles. The van der Waals surface area contributed by atoms with Crippen molar-refractivity contribution < 1.29 is 9.53 Å². The van der Waals surface area contributed by atoms with Crippen LogP contribution in [0.3, 0.4) is 0 Å². The van der Waals surface area contributed by atoms with E-state index in [1.54, 1.807) is 14.2 Å². The average molecular weight is 131 g/mol. The molecule has 0 amide bonds. The average Bonchev–Trinajstić information content (AvgIpc) is 1.85. The van der Waals surface area contributed by atoms with Gasteiger partial charge in [0, 0.05) is 13.5 Å². The number of likely N-dealkylation sites (N-methyl/N-ethyl adjacent to an activating group) is 1. The van der Waals surface area contributed by atoms with Crippen LogP contribution in [0.2, 0.25) is 0 Å². The van der Waals surface area contributed by atoms with Gasteiger partial charge in [-0.1, -0.05) is 0 Å². The highest BCUT2D eigenvalue weighted by atomic mass is 16.5. The molecule has 0 aromatic carbocycles. The summed E-state index contributed by atoms with van der Waals surface area (Å²) in [6.07, 6.45) is 0.511. The standard InChI is InChI=1S/C6H13NO2/c1-7-5-6(8)3-4-9-2/h7H,3-5H2,1-2H3. The summed E-state index contributed by atoms with van der Waals surface area (Å²) in [6.45, 7) is 0.976. The van der Waals surface area contributed by atoms with Gasteiger partial charge >= 0.3 is 0 Å². The largest absolute Gasteiger partial charge is 0.384 e. The van der Waals surface area contributed by atoms with Crippen molar-refractivity contribution in [1.82, 2.24) is 5.32 Å². The van der Waals surface area contributed by atoms with E-state index in [-0.39, 0.29) is 5.78 Å². The minimum atomic E-state index is 0.194. The first-order valence-electron chi connectivity index (χ1n) is 2.96. The molecule has 9 heavy (non-hydrogen) atoms. The van der Waals surface area contributed by atoms with Crippen LogP contribution in [0.5, 0.6) is 0 Å². The van der Waals surface area contributed by atoms with Crippen molar-refractivity contribution in [3.05, 3.63) is 0 Å². The van der Waals surface area contributed by atoms with E-state index in [2.05, 4.69) is 5.32 Å². The molecular formula is C6H13NO2. The number of ketones is 1. The molecule has 0 unspecified atom stereocenters. The summed E-state index contributed by atoms with van der Waals surface area (Å²) in [5.41, 5.74) is 0. The first-order chi connectivity index (χ1) is 4.31. The third-order valence-corrected chi connectivity index (χ3v) is 0.959. The number of rotatable bonds is 5. The van der Waals surface area contributed by atoms with Crippen LogP contribution in [0.1, 0.15) is 6.42 Å². The smallest absolute Gasteiger partial charge is 0.148 e. The van der Waals surface area contributed by atoms with Gasteiger partial charge in [0.1, 0.15) is 5.78 Å². The first kappa shape index (κ1) is 8.59. The van der Waals surface area contributed by atoms with Crippen LogP contribution in [0.4, 0.5) is 0 Å². The lowest BCUT2D eigenvalue weighted by Gasteiger charge is -1.96. The Morgan fingerprint density at radius 3 is 2.78 bits per heavy atom. The predicted octanol–water partition coefficient (Wildman–Crippen LogP) is -0.189. The van der Waals surface area contributed by atoms with Crippen molar-refractivity contribution in [3.8, 4) is 0 Å². The maximum absolute atomic E-state index is 10.7. The van der Waals surface area contributed by atoms with Gasteiger partial charge in [-0.3, -0.25) is 4.79 Å². The van der Waals surface area contributed by atoms with E-state index in [9.17, 15) is 4.79 Å². The van der Waals surface area contributed by atoms with Gasteiger partial charge in [-0.2, -0.15) is 0 Å². The third-order valence-electron chi connectivity index (χ3n) is 0.959. The second kappa shape index (κ2) is 5.72. The molecule has 0 aromatic heterocycles. The van der Waals surface area contributed by atoms with Crippen LogP contribution in [0.15, 0.2) is 0 Å². The van der Waals surface area contributed by atoms with Gasteiger partial charge < -0.3 is 10.1 Å². The summed E-state index contributed by atoms with van der Waals surface area (Å²) in [5.74, 6) is 0.194. The van der Waals surface area contributed by atoms with Crippen LogP contribution in [-0.2, 0) is 9.53 Å². The first-order valence-corrected chi connectivity index (χ1v) is 2.96. The van der Waals surface area contributed by atoms with Crippen molar-refractivity contribution in [2.24, 2.45) is 0 Å². The molecule has 1 N–H and O–H groups in total. The fourth-order valence-electron chi connectivity index (χ4n) is 0.501. The van der Waals surface area contributed by atoms with Crippen molar-refractivity contribution in [1.29, 1.82) is 0 Å². The topological polar surface area (TPSA) is 38.3 Å². The molecule has 0 radical (unpaired) electrons. The van der Waals surface area contributed by atoms with Gasteiger partial charge in [0.05, 0.1) is 13.2 Å². The molecule has 0 aliphatic carbocycles. The number of ether oxygens (including phenoxy) is 1. The van der Waals surface area contributed by atoms with E-state index < -0.39 is 0 Å². The molecule has 0 atom stereocenters. The Bertz CT molecular complexity index is 83.1. The number of carbonyl (C=O) groups is 1. The Morgan fingerprint density at radius 2 is 2.33 bits per heavy atom. The van der Waals surface area contributed by atoms with Crippen molar-refractivity contribution in [2.45, 2.75) is 6.42 Å². The molecule has 0 fully saturated rings. The van der Waals surface area contributed by atoms with Crippen molar-refractivity contribution in [3.63, 3.8) is 0 Å².